The molecule has 2 aliphatic rings. The van der Waals surface area contributed by atoms with Crippen LogP contribution < -0.4 is 9.97 Å². The molecule has 0 amide bonds. The minimum atomic E-state index is 0. The van der Waals surface area contributed by atoms with Crippen LogP contribution in [0.4, 0.5) is 0 Å². The number of nitrogens with zero attached hydrogens (tertiary/aromatic N) is 4. The Balaban J connectivity index is 0.00000289. The van der Waals surface area contributed by atoms with Crippen molar-refractivity contribution in [3.63, 3.8) is 0 Å². The second-order valence-corrected chi connectivity index (χ2v) is 9.34. The smallest absolute Gasteiger partial charge is 0.658 e. The van der Waals surface area contributed by atoms with Crippen LogP contribution in [0.15, 0.2) is 30.3 Å². The van der Waals surface area contributed by atoms with Gasteiger partial charge in [0.2, 0.25) is 0 Å². The number of rotatable bonds is 3. The molecule has 0 fully saturated rings. The normalized spacial score (nSPS) is 13.5. The Hall–Kier alpha value is -2.88. The maximum absolute atomic E-state index is 5.07. The van der Waals surface area contributed by atoms with Gasteiger partial charge in [0.15, 0.2) is 0 Å². The molecule has 0 aliphatic carbocycles. The van der Waals surface area contributed by atoms with Crippen LogP contribution in [0.3, 0.4) is 0 Å². The van der Waals surface area contributed by atoms with Gasteiger partial charge in [0.1, 0.15) is 0 Å². The van der Waals surface area contributed by atoms with Crippen LogP contribution in [0.25, 0.3) is 44.4 Å². The average Bonchev–Trinajstić information content (AvgIpc) is 3.48. The van der Waals surface area contributed by atoms with Gasteiger partial charge in [-0.05, 0) is 69.2 Å². The van der Waals surface area contributed by atoms with E-state index in [-0.39, 0.29) is 17.1 Å². The molecule has 0 unspecified atom stereocenters. The third-order valence-electron chi connectivity index (χ3n) is 7.34. The molecule has 8 bridgehead atoms. The zero-order valence-corrected chi connectivity index (χ0v) is 22.5. The van der Waals surface area contributed by atoms with Gasteiger partial charge in [-0.1, -0.05) is 67.8 Å². The minimum Gasteiger partial charge on any atom is -0.658 e. The first-order chi connectivity index (χ1) is 16.3. The number of aryl methyl sites for hydroxylation is 3. The van der Waals surface area contributed by atoms with Crippen molar-refractivity contribution in [3.8, 4) is 0 Å². The van der Waals surface area contributed by atoms with E-state index in [0.29, 0.717) is 0 Å². The molecule has 3 aromatic rings. The number of aromatic nitrogens is 4. The molecule has 183 valence electrons. The van der Waals surface area contributed by atoms with E-state index in [9.17, 15) is 0 Å². The third kappa shape index (κ3) is 4.22. The van der Waals surface area contributed by atoms with Gasteiger partial charge in [-0.3, -0.25) is 0 Å². The average molecular weight is 512 g/mol. The first kappa shape index (κ1) is 25.2. The number of hydrogen-bond donors (Lipinski definition) is 0. The molecular weight excluding hydrogens is 480 g/mol. The van der Waals surface area contributed by atoms with Gasteiger partial charge in [0.05, 0.1) is 22.8 Å². The molecule has 0 saturated heterocycles. The summed E-state index contributed by atoms with van der Waals surface area (Å²) < 4.78 is 0. The first-order valence-corrected chi connectivity index (χ1v) is 12.4. The summed E-state index contributed by atoms with van der Waals surface area (Å²) in [6, 6.07) is 10.7. The number of hydrogen-bond acceptors (Lipinski definition) is 2. The molecule has 3 aromatic heterocycles. The van der Waals surface area contributed by atoms with Crippen molar-refractivity contribution in [1.82, 2.24) is 19.9 Å². The van der Waals surface area contributed by atoms with Crippen LogP contribution in [0.2, 0.25) is 0 Å². The van der Waals surface area contributed by atoms with Crippen molar-refractivity contribution in [3.05, 3.63) is 69.8 Å². The van der Waals surface area contributed by atoms with Crippen LogP contribution in [-0.2, 0) is 23.5 Å². The Morgan fingerprint density at radius 3 is 1.71 bits per heavy atom. The molecule has 5 heterocycles. The molecule has 35 heavy (non-hydrogen) atoms. The zero-order valence-electron chi connectivity index (χ0n) is 21.6. The fourth-order valence-electron chi connectivity index (χ4n) is 5.31. The largest absolute Gasteiger partial charge is 2.00 e. The summed E-state index contributed by atoms with van der Waals surface area (Å²) in [7, 11) is 0. The summed E-state index contributed by atoms with van der Waals surface area (Å²) >= 11 is 0. The molecule has 0 atom stereocenters. The van der Waals surface area contributed by atoms with Crippen LogP contribution in [0.5, 0.6) is 0 Å². The second kappa shape index (κ2) is 9.64. The molecular formula is C30H32CuN4. The van der Waals surface area contributed by atoms with E-state index in [1.807, 2.05) is 0 Å². The molecule has 5 rings (SSSR count). The zero-order chi connectivity index (χ0) is 24.1. The molecule has 1 radical (unpaired) electrons. The Morgan fingerprint density at radius 1 is 0.600 bits per heavy atom. The summed E-state index contributed by atoms with van der Waals surface area (Å²) in [5.41, 5.74) is 16.6. The van der Waals surface area contributed by atoms with Crippen LogP contribution in [0, 0.1) is 13.8 Å². The molecule has 4 nitrogen and oxygen atoms in total. The van der Waals surface area contributed by atoms with Gasteiger partial charge >= 0.3 is 17.1 Å². The van der Waals surface area contributed by atoms with Crippen molar-refractivity contribution in [1.29, 1.82) is 0 Å². The molecule has 0 spiro atoms. The van der Waals surface area contributed by atoms with E-state index in [1.54, 1.807) is 0 Å². The van der Waals surface area contributed by atoms with Gasteiger partial charge in [-0.2, -0.15) is 0 Å². The number of allylic oxidation sites excluding steroid dienone is 4. The molecule has 0 aromatic carbocycles. The second-order valence-electron chi connectivity index (χ2n) is 9.34. The summed E-state index contributed by atoms with van der Waals surface area (Å²) in [5.74, 6) is 0. The van der Waals surface area contributed by atoms with Gasteiger partial charge in [-0.15, -0.1) is 22.1 Å². The van der Waals surface area contributed by atoms with Gasteiger partial charge < -0.3 is 9.97 Å². The predicted octanol–water partition coefficient (Wildman–Crippen LogP) is 7.43. The van der Waals surface area contributed by atoms with Crippen molar-refractivity contribution in [2.24, 2.45) is 0 Å². The quantitative estimate of drug-likeness (QED) is 0.343. The SMILES string of the molecule is CCC1=C(C)c2cc3[n-]c(cc4nc(cc5[n-]c(cc1n2)cc5C)C(CC)=C4C)c(CC)c3C.[Cu+2]. The maximum atomic E-state index is 5.07. The van der Waals surface area contributed by atoms with Gasteiger partial charge in [0, 0.05) is 0 Å². The minimum absolute atomic E-state index is 0. The first-order valence-electron chi connectivity index (χ1n) is 12.4. The van der Waals surface area contributed by atoms with Gasteiger partial charge in [0.25, 0.3) is 0 Å². The van der Waals surface area contributed by atoms with E-state index in [4.69, 9.17) is 19.9 Å². The Morgan fingerprint density at radius 2 is 1.14 bits per heavy atom. The third-order valence-corrected chi connectivity index (χ3v) is 7.34. The van der Waals surface area contributed by atoms with Gasteiger partial charge in [-0.25, -0.2) is 9.97 Å². The van der Waals surface area contributed by atoms with Crippen molar-refractivity contribution in [2.45, 2.75) is 67.7 Å². The van der Waals surface area contributed by atoms with Crippen LogP contribution in [-0.4, -0.2) is 9.97 Å². The van der Waals surface area contributed by atoms with E-state index in [2.05, 4.69) is 78.8 Å². The topological polar surface area (TPSA) is 54.0 Å². The number of fused-ring (bicyclic) bond motifs is 8. The fraction of sp³-hybridized carbons (Fsp3) is 0.333. The van der Waals surface area contributed by atoms with E-state index < -0.39 is 0 Å². The van der Waals surface area contributed by atoms with Crippen molar-refractivity contribution < 1.29 is 17.1 Å². The summed E-state index contributed by atoms with van der Waals surface area (Å²) in [6.07, 6.45) is 2.80. The standard InChI is InChI=1S/C30H32N4.Cu/c1-8-21-17(5)25-14-26-18(6)23(10-3)30(33-26)15-27-19(7)22(9-2)29(34-27)13-24-16(4)11-20(31-24)12-28(21)32-25;/h11-15H,8-10H2,1-7H3;/q-2;+2. The molecule has 0 saturated carbocycles. The Kier molecular flexibility index (Phi) is 6.95. The van der Waals surface area contributed by atoms with E-state index in [1.165, 1.54) is 33.4 Å². The van der Waals surface area contributed by atoms with E-state index >= 15 is 0 Å². The predicted molar refractivity (Wildman–Crippen MR) is 143 cm³/mol. The Labute approximate surface area is 218 Å². The summed E-state index contributed by atoms with van der Waals surface area (Å²) in [6.45, 7) is 15.2. The summed E-state index contributed by atoms with van der Waals surface area (Å²) in [4.78, 5) is 20.1. The molecule has 5 heteroatoms. The molecule has 0 N–H and O–H groups in total. The summed E-state index contributed by atoms with van der Waals surface area (Å²) in [5, 5.41) is 0. The monoisotopic (exact) mass is 511 g/mol. The molecule has 2 aliphatic heterocycles. The van der Waals surface area contributed by atoms with E-state index in [0.717, 1.165) is 69.7 Å². The van der Waals surface area contributed by atoms with Crippen LogP contribution in [0.1, 0.15) is 86.9 Å². The fourth-order valence-corrected chi connectivity index (χ4v) is 5.31. The van der Waals surface area contributed by atoms with Crippen molar-refractivity contribution >= 4 is 44.4 Å². The Bertz CT molecular complexity index is 1550. The van der Waals surface area contributed by atoms with Crippen molar-refractivity contribution in [2.75, 3.05) is 0 Å². The van der Waals surface area contributed by atoms with Crippen LogP contribution >= 0.6 is 0 Å². The maximum Gasteiger partial charge on any atom is 2.00 e.